The lowest BCUT2D eigenvalue weighted by Crippen LogP contribution is -2.03. The molecule has 3 nitrogen and oxygen atoms in total. The summed E-state index contributed by atoms with van der Waals surface area (Å²) in [7, 11) is 1.26. The largest absolute Gasteiger partial charge is 0.464 e. The van der Waals surface area contributed by atoms with E-state index < -0.39 is 5.97 Å². The van der Waals surface area contributed by atoms with Crippen molar-refractivity contribution in [3.63, 3.8) is 0 Å². The van der Waals surface area contributed by atoms with Crippen LogP contribution in [-0.4, -0.2) is 18.1 Å². The quantitative estimate of drug-likeness (QED) is 0.268. The van der Waals surface area contributed by atoms with Gasteiger partial charge in [0.15, 0.2) is 5.69 Å². The standard InChI is InChI=1S/C17H7Cl6NO2S/c1-26-17(25)14-15(6-2-10(20)12(22)4-8(6)18)27-16(24-14)7-3-11(21)13(23)5-9(7)19/h2-5H,1H3. The van der Waals surface area contributed by atoms with E-state index in [1.54, 1.807) is 12.1 Å². The molecule has 0 aliphatic rings. The van der Waals surface area contributed by atoms with Gasteiger partial charge >= 0.3 is 5.97 Å². The maximum absolute atomic E-state index is 12.3. The third kappa shape index (κ3) is 4.18. The van der Waals surface area contributed by atoms with Crippen molar-refractivity contribution in [2.45, 2.75) is 0 Å². The Morgan fingerprint density at radius 1 is 0.815 bits per heavy atom. The first-order valence-corrected chi connectivity index (χ1v) is 10.2. The Bertz CT molecular complexity index is 1070. The van der Waals surface area contributed by atoms with E-state index in [9.17, 15) is 4.79 Å². The topological polar surface area (TPSA) is 39.2 Å². The van der Waals surface area contributed by atoms with Crippen LogP contribution in [0.1, 0.15) is 10.5 Å². The SMILES string of the molecule is COC(=O)c1nc(-c2cc(Cl)c(Cl)cc2Cl)sc1-c1cc(Cl)c(Cl)cc1Cl. The number of carbonyl (C=O) groups excluding carboxylic acids is 1. The van der Waals surface area contributed by atoms with Crippen molar-refractivity contribution >= 4 is 86.9 Å². The molecule has 0 N–H and O–H groups in total. The molecule has 0 spiro atoms. The lowest BCUT2D eigenvalue weighted by molar-refractivity contribution is 0.0596. The summed E-state index contributed by atoms with van der Waals surface area (Å²) >= 11 is 37.9. The van der Waals surface area contributed by atoms with Gasteiger partial charge in [0, 0.05) is 11.1 Å². The van der Waals surface area contributed by atoms with Gasteiger partial charge in [-0.25, -0.2) is 9.78 Å². The molecule has 0 fully saturated rings. The highest BCUT2D eigenvalue weighted by molar-refractivity contribution is 7.19. The first kappa shape index (κ1) is 21.0. The van der Waals surface area contributed by atoms with Gasteiger partial charge in [0.05, 0.1) is 42.1 Å². The number of esters is 1. The van der Waals surface area contributed by atoms with Crippen LogP contribution in [0, 0.1) is 0 Å². The fourth-order valence-electron chi connectivity index (χ4n) is 2.24. The lowest BCUT2D eigenvalue weighted by atomic mass is 10.1. The number of thiazole rings is 1. The van der Waals surface area contributed by atoms with Crippen molar-refractivity contribution in [1.82, 2.24) is 4.98 Å². The second-order valence-electron chi connectivity index (χ2n) is 5.18. The molecule has 0 aliphatic carbocycles. The highest BCUT2D eigenvalue weighted by atomic mass is 35.5. The maximum atomic E-state index is 12.3. The number of ether oxygens (including phenoxy) is 1. The molecule has 0 aliphatic heterocycles. The molecule has 27 heavy (non-hydrogen) atoms. The van der Waals surface area contributed by atoms with Gasteiger partial charge in [-0.1, -0.05) is 69.6 Å². The second-order valence-corrected chi connectivity index (χ2v) is 8.62. The summed E-state index contributed by atoms with van der Waals surface area (Å²) in [6.07, 6.45) is 0. The van der Waals surface area contributed by atoms with Gasteiger partial charge in [-0.05, 0) is 24.3 Å². The molecule has 1 heterocycles. The molecule has 2 aromatic carbocycles. The minimum atomic E-state index is -0.633. The van der Waals surface area contributed by atoms with Crippen LogP contribution in [0.3, 0.4) is 0 Å². The van der Waals surface area contributed by atoms with Crippen LogP contribution in [0.2, 0.25) is 30.1 Å². The van der Waals surface area contributed by atoms with Gasteiger partial charge in [0.25, 0.3) is 0 Å². The molecule has 0 radical (unpaired) electrons. The lowest BCUT2D eigenvalue weighted by Gasteiger charge is -2.06. The molecule has 0 amide bonds. The zero-order valence-electron chi connectivity index (χ0n) is 13.2. The first-order chi connectivity index (χ1) is 12.7. The number of halogens is 6. The number of aromatic nitrogens is 1. The molecule has 0 bridgehead atoms. The zero-order chi connectivity index (χ0) is 19.9. The van der Waals surface area contributed by atoms with Crippen molar-refractivity contribution in [2.75, 3.05) is 7.11 Å². The number of carbonyl (C=O) groups is 1. The summed E-state index contributed by atoms with van der Waals surface area (Å²) in [6, 6.07) is 6.14. The van der Waals surface area contributed by atoms with Crippen molar-refractivity contribution in [1.29, 1.82) is 0 Å². The summed E-state index contributed by atoms with van der Waals surface area (Å²) < 4.78 is 4.84. The van der Waals surface area contributed by atoms with Gasteiger partial charge in [-0.3, -0.25) is 0 Å². The van der Waals surface area contributed by atoms with Crippen molar-refractivity contribution in [3.8, 4) is 21.0 Å². The first-order valence-electron chi connectivity index (χ1n) is 7.12. The van der Waals surface area contributed by atoms with E-state index >= 15 is 0 Å². The molecule has 140 valence electrons. The number of benzene rings is 2. The minimum Gasteiger partial charge on any atom is -0.464 e. The van der Waals surface area contributed by atoms with Gasteiger partial charge in [-0.15, -0.1) is 11.3 Å². The second kappa shape index (κ2) is 8.34. The van der Waals surface area contributed by atoms with Crippen molar-refractivity contribution in [3.05, 3.63) is 60.1 Å². The average Bonchev–Trinajstić information content (AvgIpc) is 3.05. The Morgan fingerprint density at radius 2 is 1.30 bits per heavy atom. The van der Waals surface area contributed by atoms with Crippen LogP contribution in [0.5, 0.6) is 0 Å². The highest BCUT2D eigenvalue weighted by Gasteiger charge is 2.24. The van der Waals surface area contributed by atoms with Gasteiger partial charge < -0.3 is 4.74 Å². The monoisotopic (exact) mass is 499 g/mol. The van der Waals surface area contributed by atoms with Crippen LogP contribution in [-0.2, 0) is 4.74 Å². The normalized spacial score (nSPS) is 10.9. The third-order valence-corrected chi connectivity index (χ3v) is 6.69. The van der Waals surface area contributed by atoms with E-state index in [4.69, 9.17) is 74.3 Å². The molecule has 3 aromatic rings. The smallest absolute Gasteiger partial charge is 0.358 e. The van der Waals surface area contributed by atoms with Crippen LogP contribution >= 0.6 is 80.9 Å². The van der Waals surface area contributed by atoms with Crippen molar-refractivity contribution in [2.24, 2.45) is 0 Å². The van der Waals surface area contributed by atoms with E-state index in [1.807, 2.05) is 0 Å². The molecule has 10 heteroatoms. The summed E-state index contributed by atoms with van der Waals surface area (Å²) in [5, 5.41) is 2.28. The number of methoxy groups -OCH3 is 1. The average molecular weight is 502 g/mol. The number of hydrogen-bond donors (Lipinski definition) is 0. The highest BCUT2D eigenvalue weighted by Crippen LogP contribution is 2.44. The van der Waals surface area contributed by atoms with E-state index in [1.165, 1.54) is 30.6 Å². The van der Waals surface area contributed by atoms with Crippen LogP contribution < -0.4 is 0 Å². The number of hydrogen-bond acceptors (Lipinski definition) is 4. The van der Waals surface area contributed by atoms with Gasteiger partial charge in [-0.2, -0.15) is 0 Å². The molecule has 3 rings (SSSR count). The van der Waals surface area contributed by atoms with Gasteiger partial charge in [0.2, 0.25) is 0 Å². The van der Waals surface area contributed by atoms with E-state index in [0.29, 0.717) is 46.1 Å². The molecule has 0 unspecified atom stereocenters. The molecule has 1 aromatic heterocycles. The summed E-state index contributed by atoms with van der Waals surface area (Å²) in [4.78, 5) is 17.1. The molecule has 0 atom stereocenters. The van der Waals surface area contributed by atoms with Crippen LogP contribution in [0.25, 0.3) is 21.0 Å². The molecular weight excluding hydrogens is 495 g/mol. The summed E-state index contributed by atoms with van der Waals surface area (Å²) in [5.74, 6) is -0.633. The van der Waals surface area contributed by atoms with Gasteiger partial charge in [0.1, 0.15) is 5.01 Å². The summed E-state index contributed by atoms with van der Waals surface area (Å²) in [5.41, 5.74) is 1.08. The zero-order valence-corrected chi connectivity index (χ0v) is 18.6. The Kier molecular flexibility index (Phi) is 6.48. The van der Waals surface area contributed by atoms with Crippen LogP contribution in [0.4, 0.5) is 0 Å². The molecular formula is C17H7Cl6NO2S. The maximum Gasteiger partial charge on any atom is 0.358 e. The van der Waals surface area contributed by atoms with Crippen LogP contribution in [0.15, 0.2) is 24.3 Å². The van der Waals surface area contributed by atoms with Crippen molar-refractivity contribution < 1.29 is 9.53 Å². The Hall–Kier alpha value is -0.720. The van der Waals surface area contributed by atoms with E-state index in [2.05, 4.69) is 4.98 Å². The minimum absolute atomic E-state index is 0.0694. The summed E-state index contributed by atoms with van der Waals surface area (Å²) in [6.45, 7) is 0. The Morgan fingerprint density at radius 3 is 1.85 bits per heavy atom. The number of rotatable bonds is 3. The third-order valence-electron chi connectivity index (χ3n) is 3.50. The predicted octanol–water partition coefficient (Wildman–Crippen LogP) is 8.18. The molecule has 0 saturated carbocycles. The van der Waals surface area contributed by atoms with E-state index in [0.717, 1.165) is 0 Å². The number of nitrogens with zero attached hydrogens (tertiary/aromatic N) is 1. The fourth-order valence-corrected chi connectivity index (χ4v) is 4.74. The predicted molar refractivity (Wildman–Crippen MR) is 114 cm³/mol. The fraction of sp³-hybridized carbons (Fsp3) is 0.0588. The Balaban J connectivity index is 2.26. The molecule has 0 saturated heterocycles. The Labute approximate surface area is 188 Å². The van der Waals surface area contributed by atoms with E-state index in [-0.39, 0.29) is 10.7 Å².